The summed E-state index contributed by atoms with van der Waals surface area (Å²) in [4.78, 5) is 11.9. The van der Waals surface area contributed by atoms with E-state index in [1.165, 1.54) is 0 Å². The Labute approximate surface area is 115 Å². The molecule has 3 heteroatoms. The van der Waals surface area contributed by atoms with E-state index in [1.807, 2.05) is 32.9 Å². The molecule has 0 aliphatic heterocycles. The second-order valence-electron chi connectivity index (χ2n) is 5.58. The molecule has 0 fully saturated rings. The fraction of sp³-hybridized carbons (Fsp3) is 0.562. The van der Waals surface area contributed by atoms with Crippen LogP contribution in [-0.4, -0.2) is 17.7 Å². The highest BCUT2D eigenvalue weighted by atomic mass is 16.5. The number of esters is 1. The van der Waals surface area contributed by atoms with Crippen LogP contribution in [0, 0.1) is 19.8 Å². The molecule has 0 amide bonds. The summed E-state index contributed by atoms with van der Waals surface area (Å²) in [6.07, 6.45) is 0.881. The lowest BCUT2D eigenvalue weighted by Gasteiger charge is -2.15. The third-order valence-corrected chi connectivity index (χ3v) is 3.31. The Hall–Kier alpha value is -1.51. The van der Waals surface area contributed by atoms with Gasteiger partial charge in [0.05, 0.1) is 12.5 Å². The highest BCUT2D eigenvalue weighted by molar-refractivity contribution is 5.78. The number of hydrogen-bond acceptors (Lipinski definition) is 3. The molecule has 106 valence electrons. The summed E-state index contributed by atoms with van der Waals surface area (Å²) < 4.78 is 5.28. The van der Waals surface area contributed by atoms with E-state index in [9.17, 15) is 9.90 Å². The smallest absolute Gasteiger partial charge is 0.313 e. The van der Waals surface area contributed by atoms with Gasteiger partial charge in [-0.3, -0.25) is 4.79 Å². The summed E-state index contributed by atoms with van der Waals surface area (Å²) in [5.74, 6) is 0.320. The second-order valence-corrected chi connectivity index (χ2v) is 5.58. The van der Waals surface area contributed by atoms with E-state index in [-0.39, 0.29) is 11.9 Å². The Balaban J connectivity index is 2.72. The van der Waals surface area contributed by atoms with Gasteiger partial charge in [0.15, 0.2) is 0 Å². The molecule has 1 rings (SSSR count). The Kier molecular flexibility index (Phi) is 5.40. The third-order valence-electron chi connectivity index (χ3n) is 3.31. The number of carbonyl (C=O) groups excluding carboxylic acids is 1. The van der Waals surface area contributed by atoms with E-state index in [2.05, 4.69) is 13.8 Å². The lowest BCUT2D eigenvalue weighted by atomic mass is 9.96. The van der Waals surface area contributed by atoms with E-state index < -0.39 is 0 Å². The predicted molar refractivity (Wildman–Crippen MR) is 76.4 cm³/mol. The molecule has 1 N–H and O–H groups in total. The Morgan fingerprint density at radius 2 is 1.74 bits per heavy atom. The molecule has 19 heavy (non-hydrogen) atoms. The molecule has 0 aliphatic carbocycles. The van der Waals surface area contributed by atoms with E-state index in [0.29, 0.717) is 18.3 Å². The number of ether oxygens (including phenoxy) is 1. The number of phenolic OH excluding ortho intramolecular Hbond substituents is 1. The maximum absolute atomic E-state index is 11.9. The lowest BCUT2D eigenvalue weighted by Crippen LogP contribution is -2.15. The van der Waals surface area contributed by atoms with E-state index in [0.717, 1.165) is 23.1 Å². The lowest BCUT2D eigenvalue weighted by molar-refractivity contribution is -0.145. The molecular formula is C16H24O3. The van der Waals surface area contributed by atoms with E-state index >= 15 is 0 Å². The van der Waals surface area contributed by atoms with Crippen LogP contribution in [0.25, 0.3) is 0 Å². The van der Waals surface area contributed by atoms with Gasteiger partial charge in [-0.2, -0.15) is 0 Å². The van der Waals surface area contributed by atoms with Gasteiger partial charge < -0.3 is 9.84 Å². The largest absolute Gasteiger partial charge is 0.507 e. The molecule has 0 spiro atoms. The average Bonchev–Trinajstić information content (AvgIpc) is 2.33. The first-order valence-corrected chi connectivity index (χ1v) is 6.79. The van der Waals surface area contributed by atoms with Gasteiger partial charge >= 0.3 is 5.97 Å². The zero-order valence-corrected chi connectivity index (χ0v) is 12.5. The number of aromatic hydroxyl groups is 1. The zero-order chi connectivity index (χ0) is 14.6. The van der Waals surface area contributed by atoms with Crippen LogP contribution in [0.5, 0.6) is 5.75 Å². The first kappa shape index (κ1) is 15.5. The summed E-state index contributed by atoms with van der Waals surface area (Å²) >= 11 is 0. The Morgan fingerprint density at radius 1 is 1.21 bits per heavy atom. The second kappa shape index (κ2) is 6.60. The molecule has 0 saturated carbocycles. The fourth-order valence-electron chi connectivity index (χ4n) is 1.90. The SMILES string of the molecule is Cc1cc(C(C)C(=O)OCCC(C)C)cc(C)c1O. The minimum Gasteiger partial charge on any atom is -0.507 e. The summed E-state index contributed by atoms with van der Waals surface area (Å²) in [5, 5.41) is 9.74. The molecule has 0 heterocycles. The highest BCUT2D eigenvalue weighted by Crippen LogP contribution is 2.27. The monoisotopic (exact) mass is 264 g/mol. The normalized spacial score (nSPS) is 12.5. The zero-order valence-electron chi connectivity index (χ0n) is 12.5. The van der Waals surface area contributed by atoms with E-state index in [1.54, 1.807) is 0 Å². The molecule has 1 atom stereocenters. The number of hydrogen-bond donors (Lipinski definition) is 1. The van der Waals surface area contributed by atoms with Crippen molar-refractivity contribution in [2.45, 2.75) is 47.0 Å². The van der Waals surface area contributed by atoms with Crippen molar-refractivity contribution in [1.82, 2.24) is 0 Å². The van der Waals surface area contributed by atoms with Gasteiger partial charge in [-0.05, 0) is 49.8 Å². The van der Waals surface area contributed by atoms with Gasteiger partial charge in [0.2, 0.25) is 0 Å². The van der Waals surface area contributed by atoms with Gasteiger partial charge in [-0.15, -0.1) is 0 Å². The van der Waals surface area contributed by atoms with Crippen molar-refractivity contribution < 1.29 is 14.6 Å². The number of carbonyl (C=O) groups is 1. The number of aryl methyl sites for hydroxylation is 2. The summed E-state index contributed by atoms with van der Waals surface area (Å²) in [6.45, 7) is 10.2. The van der Waals surface area contributed by atoms with Crippen molar-refractivity contribution in [1.29, 1.82) is 0 Å². The van der Waals surface area contributed by atoms with Crippen LogP contribution in [0.2, 0.25) is 0 Å². The molecule has 1 aromatic rings. The van der Waals surface area contributed by atoms with Crippen molar-refractivity contribution in [3.05, 3.63) is 28.8 Å². The minimum absolute atomic E-state index is 0.204. The van der Waals surface area contributed by atoms with Crippen molar-refractivity contribution in [2.75, 3.05) is 6.61 Å². The topological polar surface area (TPSA) is 46.5 Å². The summed E-state index contributed by atoms with van der Waals surface area (Å²) in [6, 6.07) is 3.69. The molecule has 1 unspecified atom stereocenters. The van der Waals surface area contributed by atoms with Crippen molar-refractivity contribution in [3.8, 4) is 5.75 Å². The highest BCUT2D eigenvalue weighted by Gasteiger charge is 2.18. The van der Waals surface area contributed by atoms with Gasteiger partial charge in [-0.25, -0.2) is 0 Å². The first-order valence-electron chi connectivity index (χ1n) is 6.79. The van der Waals surface area contributed by atoms with Crippen LogP contribution in [0.3, 0.4) is 0 Å². The van der Waals surface area contributed by atoms with Crippen LogP contribution in [0.1, 0.15) is 49.8 Å². The summed E-state index contributed by atoms with van der Waals surface area (Å²) in [5.41, 5.74) is 2.47. The molecule has 0 radical (unpaired) electrons. The molecule has 0 aliphatic rings. The standard InChI is InChI=1S/C16H24O3/c1-10(2)6-7-19-16(18)13(5)14-8-11(3)15(17)12(4)9-14/h8-10,13,17H,6-7H2,1-5H3. The molecule has 3 nitrogen and oxygen atoms in total. The molecule has 0 bridgehead atoms. The molecular weight excluding hydrogens is 240 g/mol. The maximum Gasteiger partial charge on any atom is 0.313 e. The van der Waals surface area contributed by atoms with Gasteiger partial charge in [0.1, 0.15) is 5.75 Å². The van der Waals surface area contributed by atoms with Gasteiger partial charge in [-0.1, -0.05) is 26.0 Å². The Morgan fingerprint density at radius 3 is 2.21 bits per heavy atom. The minimum atomic E-state index is -0.301. The first-order chi connectivity index (χ1) is 8.82. The van der Waals surface area contributed by atoms with Crippen molar-refractivity contribution in [2.24, 2.45) is 5.92 Å². The van der Waals surface area contributed by atoms with E-state index in [4.69, 9.17) is 4.74 Å². The van der Waals surface area contributed by atoms with Gasteiger partial charge in [0, 0.05) is 0 Å². The number of phenols is 1. The van der Waals surface area contributed by atoms with Crippen molar-refractivity contribution in [3.63, 3.8) is 0 Å². The van der Waals surface area contributed by atoms with Crippen molar-refractivity contribution >= 4 is 5.97 Å². The van der Waals surface area contributed by atoms with Crippen LogP contribution in [0.15, 0.2) is 12.1 Å². The Bertz CT molecular complexity index is 426. The van der Waals surface area contributed by atoms with Crippen LogP contribution >= 0.6 is 0 Å². The maximum atomic E-state index is 11.9. The fourth-order valence-corrected chi connectivity index (χ4v) is 1.90. The molecule has 1 aromatic carbocycles. The quantitative estimate of drug-likeness (QED) is 0.825. The molecule has 0 saturated heterocycles. The van der Waals surface area contributed by atoms with Crippen LogP contribution in [0.4, 0.5) is 0 Å². The average molecular weight is 264 g/mol. The summed E-state index contributed by atoms with van der Waals surface area (Å²) in [7, 11) is 0. The van der Waals surface area contributed by atoms with Crippen LogP contribution < -0.4 is 0 Å². The molecule has 0 aromatic heterocycles. The number of benzene rings is 1. The predicted octanol–water partition coefficient (Wildman–Crippen LogP) is 3.70. The van der Waals surface area contributed by atoms with Gasteiger partial charge in [0.25, 0.3) is 0 Å². The third kappa shape index (κ3) is 4.27. The van der Waals surface area contributed by atoms with Crippen LogP contribution in [-0.2, 0) is 9.53 Å². The number of rotatable bonds is 5.